The van der Waals surface area contributed by atoms with Crippen molar-refractivity contribution in [3.05, 3.63) is 82.4 Å². The number of fused-ring (bicyclic) bond motifs is 2. The van der Waals surface area contributed by atoms with E-state index in [2.05, 4.69) is 15.9 Å². The van der Waals surface area contributed by atoms with Crippen molar-refractivity contribution in [1.29, 1.82) is 0 Å². The lowest BCUT2D eigenvalue weighted by atomic mass is 9.82. The van der Waals surface area contributed by atoms with Crippen LogP contribution in [-0.4, -0.2) is 22.5 Å². The number of aromatic hydroxyl groups is 1. The topological polar surface area (TPSA) is 89.6 Å². The van der Waals surface area contributed by atoms with Gasteiger partial charge in [0, 0.05) is 17.2 Å². The molecule has 0 atom stereocenters. The van der Waals surface area contributed by atoms with Crippen molar-refractivity contribution >= 4 is 33.2 Å². The van der Waals surface area contributed by atoms with Crippen molar-refractivity contribution in [3.8, 4) is 17.2 Å². The van der Waals surface area contributed by atoms with E-state index < -0.39 is 11.6 Å². The summed E-state index contributed by atoms with van der Waals surface area (Å²) in [5, 5.41) is 10.4. The standard InChI is InChI=1S/C21H15NO4.CH3Br/c1-11-6-8-12(9-7-11)26-16-10-15(23)17-18(19(16)22)21(25)14-5-3-2-4-13(14)20(17)24;1-2/h2-10,23H,22H2,1H3;1H3. The van der Waals surface area contributed by atoms with Crippen molar-refractivity contribution in [2.45, 2.75) is 6.92 Å². The van der Waals surface area contributed by atoms with Gasteiger partial charge in [-0.1, -0.05) is 57.9 Å². The molecule has 1 aliphatic carbocycles. The average molecular weight is 440 g/mol. The lowest BCUT2D eigenvalue weighted by molar-refractivity contribution is 0.0977. The Labute approximate surface area is 170 Å². The number of phenolic OH excluding ortho intramolecular Hbond substituents is 1. The van der Waals surface area contributed by atoms with Crippen LogP contribution in [0, 0.1) is 6.92 Å². The van der Waals surface area contributed by atoms with Crippen LogP contribution in [0.2, 0.25) is 0 Å². The summed E-state index contributed by atoms with van der Waals surface area (Å²) in [7, 11) is 0. The Morgan fingerprint density at radius 3 is 2.00 bits per heavy atom. The van der Waals surface area contributed by atoms with Crippen LogP contribution in [0.3, 0.4) is 0 Å². The number of carbonyl (C=O) groups is 2. The molecule has 0 aliphatic heterocycles. The van der Waals surface area contributed by atoms with Crippen LogP contribution in [0.5, 0.6) is 17.2 Å². The van der Waals surface area contributed by atoms with E-state index in [0.29, 0.717) is 5.75 Å². The third-order valence-corrected chi connectivity index (χ3v) is 4.43. The molecule has 4 rings (SSSR count). The Balaban J connectivity index is 0.00000109. The normalized spacial score (nSPS) is 11.8. The summed E-state index contributed by atoms with van der Waals surface area (Å²) < 4.78 is 5.73. The molecule has 3 aromatic rings. The number of ketones is 2. The van der Waals surface area contributed by atoms with Gasteiger partial charge in [0.05, 0.1) is 16.8 Å². The summed E-state index contributed by atoms with van der Waals surface area (Å²) >= 11 is 2.94. The van der Waals surface area contributed by atoms with Gasteiger partial charge in [-0.25, -0.2) is 0 Å². The first-order valence-corrected chi connectivity index (χ1v) is 10.0. The molecule has 0 heterocycles. The molecule has 0 radical (unpaired) electrons. The molecule has 6 heteroatoms. The number of rotatable bonds is 2. The Bertz CT molecular complexity index is 1070. The molecule has 3 aromatic carbocycles. The highest BCUT2D eigenvalue weighted by Crippen LogP contribution is 2.42. The van der Waals surface area contributed by atoms with Gasteiger partial charge in [0.15, 0.2) is 17.3 Å². The fourth-order valence-electron chi connectivity index (χ4n) is 3.09. The number of hydrogen-bond acceptors (Lipinski definition) is 5. The zero-order chi connectivity index (χ0) is 20.4. The number of carbonyl (C=O) groups excluding carboxylic acids is 2. The maximum absolute atomic E-state index is 12.9. The number of nitrogen functional groups attached to an aromatic ring is 1. The van der Waals surface area contributed by atoms with Gasteiger partial charge < -0.3 is 15.6 Å². The fourth-order valence-corrected chi connectivity index (χ4v) is 3.09. The second-order valence-electron chi connectivity index (χ2n) is 6.18. The van der Waals surface area contributed by atoms with Crippen molar-refractivity contribution in [1.82, 2.24) is 0 Å². The SMILES string of the molecule is CBr.Cc1ccc(Oc2cc(O)c3c(c2N)C(=O)c2ccccc2C3=O)cc1. The molecular formula is C22H18BrNO4. The molecule has 5 nitrogen and oxygen atoms in total. The van der Waals surface area contributed by atoms with Gasteiger partial charge in [-0.15, -0.1) is 0 Å². The highest BCUT2D eigenvalue weighted by molar-refractivity contribution is 9.08. The van der Waals surface area contributed by atoms with Crippen LogP contribution in [-0.2, 0) is 0 Å². The lowest BCUT2D eigenvalue weighted by Crippen LogP contribution is -2.22. The van der Waals surface area contributed by atoms with Crippen molar-refractivity contribution < 1.29 is 19.4 Å². The third kappa shape index (κ3) is 3.27. The molecule has 3 N–H and O–H groups in total. The number of hydrogen-bond donors (Lipinski definition) is 2. The van der Waals surface area contributed by atoms with Gasteiger partial charge in [0.2, 0.25) is 0 Å². The quantitative estimate of drug-likeness (QED) is 0.264. The van der Waals surface area contributed by atoms with Gasteiger partial charge >= 0.3 is 0 Å². The number of anilines is 1. The van der Waals surface area contributed by atoms with Crippen LogP contribution in [0.25, 0.3) is 0 Å². The van der Waals surface area contributed by atoms with Crippen LogP contribution < -0.4 is 10.5 Å². The monoisotopic (exact) mass is 439 g/mol. The minimum absolute atomic E-state index is 0.0178. The lowest BCUT2D eigenvalue weighted by Gasteiger charge is -2.21. The number of benzene rings is 3. The van der Waals surface area contributed by atoms with E-state index in [1.54, 1.807) is 36.4 Å². The number of nitrogens with two attached hydrogens (primary N) is 1. The van der Waals surface area contributed by atoms with Crippen LogP contribution in [0.1, 0.15) is 37.4 Å². The van der Waals surface area contributed by atoms with E-state index >= 15 is 0 Å². The van der Waals surface area contributed by atoms with E-state index in [1.807, 2.05) is 24.9 Å². The Hall–Kier alpha value is -3.12. The number of halogens is 1. The molecule has 1 aliphatic rings. The van der Waals surface area contributed by atoms with E-state index in [9.17, 15) is 14.7 Å². The van der Waals surface area contributed by atoms with Crippen molar-refractivity contribution in [2.24, 2.45) is 0 Å². The third-order valence-electron chi connectivity index (χ3n) is 4.43. The summed E-state index contributed by atoms with van der Waals surface area (Å²) in [6.45, 7) is 1.95. The summed E-state index contributed by atoms with van der Waals surface area (Å²) in [6.07, 6.45) is 0. The fraction of sp³-hybridized carbons (Fsp3) is 0.0909. The zero-order valence-corrected chi connectivity index (χ0v) is 16.9. The van der Waals surface area contributed by atoms with Crippen molar-refractivity contribution in [2.75, 3.05) is 11.6 Å². The minimum Gasteiger partial charge on any atom is -0.507 e. The van der Waals surface area contributed by atoms with Gasteiger partial charge in [-0.2, -0.15) is 0 Å². The number of phenols is 1. The Morgan fingerprint density at radius 2 is 1.43 bits per heavy atom. The average Bonchev–Trinajstić information content (AvgIpc) is 2.72. The Morgan fingerprint density at radius 1 is 0.893 bits per heavy atom. The molecule has 0 saturated heterocycles. The smallest absolute Gasteiger partial charge is 0.198 e. The molecule has 142 valence electrons. The summed E-state index contributed by atoms with van der Waals surface area (Å²) in [5.41, 5.74) is 7.68. The highest BCUT2D eigenvalue weighted by Gasteiger charge is 2.35. The molecule has 28 heavy (non-hydrogen) atoms. The molecule has 0 saturated carbocycles. The predicted octanol–water partition coefficient (Wildman–Crippen LogP) is 4.86. The zero-order valence-electron chi connectivity index (χ0n) is 15.3. The van der Waals surface area contributed by atoms with Crippen LogP contribution >= 0.6 is 15.9 Å². The summed E-state index contributed by atoms with van der Waals surface area (Å²) in [6, 6.07) is 15.0. The number of aryl methyl sites for hydroxylation is 1. The largest absolute Gasteiger partial charge is 0.507 e. The molecule has 0 bridgehead atoms. The molecule has 0 fully saturated rings. The molecule has 0 unspecified atom stereocenters. The molecular weight excluding hydrogens is 422 g/mol. The first-order chi connectivity index (χ1) is 13.5. The number of alkyl halides is 1. The maximum Gasteiger partial charge on any atom is 0.198 e. The van der Waals surface area contributed by atoms with Gasteiger partial charge in [0.1, 0.15) is 11.5 Å². The second kappa shape index (κ2) is 7.86. The number of ether oxygens (including phenoxy) is 1. The van der Waals surface area contributed by atoms with Crippen LogP contribution in [0.4, 0.5) is 5.69 Å². The van der Waals surface area contributed by atoms with Gasteiger partial charge in [-0.05, 0) is 24.9 Å². The van der Waals surface area contributed by atoms with E-state index in [0.717, 1.165) is 5.56 Å². The van der Waals surface area contributed by atoms with Gasteiger partial charge in [0.25, 0.3) is 0 Å². The minimum atomic E-state index is -0.429. The van der Waals surface area contributed by atoms with Crippen molar-refractivity contribution in [3.63, 3.8) is 0 Å². The first-order valence-electron chi connectivity index (χ1n) is 8.43. The van der Waals surface area contributed by atoms with E-state index in [4.69, 9.17) is 10.5 Å². The van der Waals surface area contributed by atoms with E-state index in [1.165, 1.54) is 6.07 Å². The molecule has 0 aromatic heterocycles. The highest BCUT2D eigenvalue weighted by atomic mass is 79.9. The van der Waals surface area contributed by atoms with Crippen LogP contribution in [0.15, 0.2) is 54.6 Å². The maximum atomic E-state index is 12.9. The second-order valence-corrected chi connectivity index (χ2v) is 6.18. The molecule has 0 spiro atoms. The van der Waals surface area contributed by atoms with Gasteiger partial charge in [-0.3, -0.25) is 9.59 Å². The Kier molecular flexibility index (Phi) is 5.51. The molecule has 0 amide bonds. The summed E-state index contributed by atoms with van der Waals surface area (Å²) in [4.78, 5) is 25.6. The predicted molar refractivity (Wildman–Crippen MR) is 112 cm³/mol. The van der Waals surface area contributed by atoms with E-state index in [-0.39, 0.29) is 39.4 Å². The summed E-state index contributed by atoms with van der Waals surface area (Å²) in [5.74, 6) is 1.29. The first kappa shape index (κ1) is 19.6.